The summed E-state index contributed by atoms with van der Waals surface area (Å²) in [7, 11) is 0. The van der Waals surface area contributed by atoms with Gasteiger partial charge in [-0.25, -0.2) is 33.9 Å². The van der Waals surface area contributed by atoms with Crippen molar-refractivity contribution in [3.8, 4) is 0 Å². The number of nitrogens with zero attached hydrogens (tertiary/aromatic N) is 2. The molecule has 0 amide bonds. The van der Waals surface area contributed by atoms with Gasteiger partial charge in [0.2, 0.25) is 0 Å². The number of carboxylic acid groups (broad SMARTS) is 5. The van der Waals surface area contributed by atoms with Crippen molar-refractivity contribution in [3.63, 3.8) is 0 Å². The highest BCUT2D eigenvalue weighted by Gasteiger charge is 2.31. The van der Waals surface area contributed by atoms with Crippen LogP contribution in [0.3, 0.4) is 0 Å². The first kappa shape index (κ1) is 37.7. The van der Waals surface area contributed by atoms with Crippen LogP contribution in [0.5, 0.6) is 0 Å². The van der Waals surface area contributed by atoms with Gasteiger partial charge in [0.15, 0.2) is 20.9 Å². The van der Waals surface area contributed by atoms with E-state index in [-0.39, 0.29) is 18.8 Å². The second-order valence-electron chi connectivity index (χ2n) is 8.85. The van der Waals surface area contributed by atoms with Gasteiger partial charge in [-0.3, -0.25) is 0 Å². The van der Waals surface area contributed by atoms with Gasteiger partial charge in [0, 0.05) is 17.9 Å². The fraction of sp³-hybridized carbons (Fsp3) is 0.296. The topological polar surface area (TPSA) is 258 Å². The Bertz CT molecular complexity index is 1630. The third kappa shape index (κ3) is 13.6. The van der Waals surface area contributed by atoms with Crippen molar-refractivity contribution in [2.24, 2.45) is 0 Å². The van der Waals surface area contributed by atoms with Gasteiger partial charge in [-0.15, -0.1) is 22.7 Å². The molecule has 258 valence electrons. The molecule has 5 N–H and O–H groups in total. The number of hydrogen-bond donors (Lipinski definition) is 5. The van der Waals surface area contributed by atoms with Crippen LogP contribution in [-0.2, 0) is 23.7 Å². The maximum absolute atomic E-state index is 10.9. The van der Waals surface area contributed by atoms with Crippen LogP contribution < -0.4 is 0 Å². The number of ether oxygens (including phenoxy) is 5. The van der Waals surface area contributed by atoms with Crippen molar-refractivity contribution in [3.05, 3.63) is 48.5 Å². The SMILES string of the molecule is O=C(O)OCC(OC(=O)O)C(CSc1nc2ccccc2s1)OC(=O)O.O=C(O)OCCC(CSc1nc2ccccc2s1)OC(=O)O. The lowest BCUT2D eigenvalue weighted by atomic mass is 10.2. The number of benzene rings is 2. The molecule has 0 fully saturated rings. The molecule has 3 atom stereocenters. The Labute approximate surface area is 286 Å². The van der Waals surface area contributed by atoms with E-state index in [1.807, 2.05) is 48.5 Å². The van der Waals surface area contributed by atoms with Crippen LogP contribution in [0.15, 0.2) is 57.2 Å². The maximum Gasteiger partial charge on any atom is 0.506 e. The molecule has 2 aromatic carbocycles. The molecule has 0 saturated carbocycles. The van der Waals surface area contributed by atoms with E-state index in [1.54, 1.807) is 0 Å². The maximum atomic E-state index is 10.9. The quantitative estimate of drug-likeness (QED) is 0.0479. The molecule has 2 heterocycles. The van der Waals surface area contributed by atoms with Crippen molar-refractivity contribution >= 4 is 97.4 Å². The van der Waals surface area contributed by atoms with Gasteiger partial charge in [0.05, 0.1) is 27.0 Å². The number of aromatic nitrogens is 2. The van der Waals surface area contributed by atoms with Crippen LogP contribution in [-0.4, -0.2) is 109 Å². The van der Waals surface area contributed by atoms with E-state index in [0.717, 1.165) is 36.5 Å². The predicted octanol–water partition coefficient (Wildman–Crippen LogP) is 6.75. The minimum Gasteiger partial charge on any atom is -0.450 e. The summed E-state index contributed by atoms with van der Waals surface area (Å²) in [6, 6.07) is 15.1. The highest BCUT2D eigenvalue weighted by molar-refractivity contribution is 8.01. The molecule has 2 aromatic heterocycles. The molecule has 0 aliphatic rings. The smallest absolute Gasteiger partial charge is 0.450 e. The number of thioether (sulfide) groups is 2. The Kier molecular flexibility index (Phi) is 15.1. The van der Waals surface area contributed by atoms with Gasteiger partial charge in [0.1, 0.15) is 12.7 Å². The molecule has 0 spiro atoms. The van der Waals surface area contributed by atoms with Crippen LogP contribution in [0.4, 0.5) is 24.0 Å². The number of thiazole rings is 2. The average molecular weight is 747 g/mol. The molecule has 4 aromatic rings. The monoisotopic (exact) mass is 746 g/mol. The summed E-state index contributed by atoms with van der Waals surface area (Å²) in [5, 5.41) is 43.3. The minimum atomic E-state index is -1.71. The van der Waals surface area contributed by atoms with E-state index in [0.29, 0.717) is 10.1 Å². The molecule has 0 aliphatic heterocycles. The summed E-state index contributed by atoms with van der Waals surface area (Å²) in [6.45, 7) is -0.826. The van der Waals surface area contributed by atoms with Crippen LogP contribution in [0.25, 0.3) is 20.4 Å². The molecular formula is C27H26N2O15S4. The fourth-order valence-corrected chi connectivity index (χ4v) is 7.88. The van der Waals surface area contributed by atoms with Gasteiger partial charge < -0.3 is 49.2 Å². The second-order valence-corrected chi connectivity index (χ2v) is 13.4. The van der Waals surface area contributed by atoms with Gasteiger partial charge in [-0.05, 0) is 24.3 Å². The zero-order valence-corrected chi connectivity index (χ0v) is 27.5. The Hall–Kier alpha value is -4.73. The van der Waals surface area contributed by atoms with Crippen LogP contribution >= 0.6 is 46.2 Å². The first-order valence-corrected chi connectivity index (χ1v) is 16.9. The molecule has 0 bridgehead atoms. The second kappa shape index (κ2) is 19.2. The van der Waals surface area contributed by atoms with Crippen LogP contribution in [0.1, 0.15) is 6.42 Å². The summed E-state index contributed by atoms with van der Waals surface area (Å²) in [5.74, 6) is 0.294. The van der Waals surface area contributed by atoms with Crippen molar-refractivity contribution < 1.29 is 73.2 Å². The number of fused-ring (bicyclic) bond motifs is 2. The predicted molar refractivity (Wildman–Crippen MR) is 172 cm³/mol. The van der Waals surface area contributed by atoms with Crippen LogP contribution in [0.2, 0.25) is 0 Å². The third-order valence-electron chi connectivity index (χ3n) is 5.54. The standard InChI is InChI=1S/C14H13NO9S2.C13H13NO6S2/c16-12(17)22-5-8(23-13(18)19)9(24-14(20)21)6-25-11-15-7-3-1-2-4-10(7)26-11;15-12(16)19-6-5-8(20-13(17)18)7-21-11-14-9-3-1-2-4-10(9)22-11/h1-4,8-9H,5-6H2,(H,16,17)(H,18,19)(H,20,21);1-4,8H,5-7H2,(H,15,16)(H,17,18). The van der Waals surface area contributed by atoms with Crippen LogP contribution in [0, 0.1) is 0 Å². The highest BCUT2D eigenvalue weighted by atomic mass is 32.2. The Morgan fingerprint density at radius 2 is 1.10 bits per heavy atom. The molecule has 4 rings (SSSR count). The third-order valence-corrected chi connectivity index (χ3v) is 10.1. The van der Waals surface area contributed by atoms with Crippen molar-refractivity contribution in [2.75, 3.05) is 24.7 Å². The van der Waals surface area contributed by atoms with Gasteiger partial charge >= 0.3 is 30.8 Å². The molecular weight excluding hydrogens is 721 g/mol. The highest BCUT2D eigenvalue weighted by Crippen LogP contribution is 2.31. The van der Waals surface area contributed by atoms with Gasteiger partial charge in [-0.1, -0.05) is 47.8 Å². The van der Waals surface area contributed by atoms with E-state index in [9.17, 15) is 24.0 Å². The summed E-state index contributed by atoms with van der Waals surface area (Å²) < 4.78 is 26.0. The molecule has 3 unspecified atom stereocenters. The lowest BCUT2D eigenvalue weighted by molar-refractivity contribution is -0.0576. The zero-order valence-electron chi connectivity index (χ0n) is 24.2. The fourth-order valence-electron chi connectivity index (χ4n) is 3.59. The first-order valence-electron chi connectivity index (χ1n) is 13.3. The number of carbonyl (C=O) groups is 5. The zero-order chi connectivity index (χ0) is 35.1. The molecule has 48 heavy (non-hydrogen) atoms. The Morgan fingerprint density at radius 3 is 1.58 bits per heavy atom. The molecule has 0 aliphatic carbocycles. The summed E-state index contributed by atoms with van der Waals surface area (Å²) >= 11 is 5.38. The number of rotatable bonds is 15. The molecule has 21 heteroatoms. The average Bonchev–Trinajstić information content (AvgIpc) is 3.63. The number of hydrogen-bond acceptors (Lipinski definition) is 16. The van der Waals surface area contributed by atoms with Gasteiger partial charge in [0.25, 0.3) is 0 Å². The summed E-state index contributed by atoms with van der Waals surface area (Å²) in [6.07, 6.45) is -11.1. The van der Waals surface area contributed by atoms with Crippen molar-refractivity contribution in [2.45, 2.75) is 33.4 Å². The van der Waals surface area contributed by atoms with Crippen molar-refractivity contribution in [1.82, 2.24) is 9.97 Å². The van der Waals surface area contributed by atoms with E-state index < -0.39 is 55.7 Å². The molecule has 0 saturated heterocycles. The normalized spacial score (nSPS) is 12.5. The van der Waals surface area contributed by atoms with Crippen molar-refractivity contribution in [1.29, 1.82) is 0 Å². The minimum absolute atomic E-state index is 0.0486. The number of para-hydroxylation sites is 2. The summed E-state index contributed by atoms with van der Waals surface area (Å²) in [5.41, 5.74) is 1.66. The molecule has 0 radical (unpaired) electrons. The Balaban J connectivity index is 0.000000264. The van der Waals surface area contributed by atoms with E-state index >= 15 is 0 Å². The van der Waals surface area contributed by atoms with Gasteiger partial charge in [-0.2, -0.15) is 0 Å². The molecule has 17 nitrogen and oxygen atoms in total. The Morgan fingerprint density at radius 1 is 0.625 bits per heavy atom. The first-order chi connectivity index (χ1) is 22.9. The van der Waals surface area contributed by atoms with E-state index in [4.69, 9.17) is 30.3 Å². The lowest BCUT2D eigenvalue weighted by Crippen LogP contribution is -2.40. The van der Waals surface area contributed by atoms with E-state index in [1.165, 1.54) is 34.4 Å². The lowest BCUT2D eigenvalue weighted by Gasteiger charge is -2.23. The van der Waals surface area contributed by atoms with E-state index in [2.05, 4.69) is 28.9 Å². The largest absolute Gasteiger partial charge is 0.506 e. The summed E-state index contributed by atoms with van der Waals surface area (Å²) in [4.78, 5) is 61.9.